The molecule has 0 aromatic heterocycles. The summed E-state index contributed by atoms with van der Waals surface area (Å²) in [6.45, 7) is 9.73. The standard InChI is InChI=1S/C17H28N2/c1-4-19(12-14-5-6-14)17(11-18)16-9-7-15(8-10-16)13(2)3/h7-10,13-14,17H,4-6,11-12,18H2,1-3H3. The Morgan fingerprint density at radius 2 is 1.74 bits per heavy atom. The van der Waals surface area contributed by atoms with Crippen LogP contribution in [0.2, 0.25) is 0 Å². The van der Waals surface area contributed by atoms with E-state index in [1.54, 1.807) is 0 Å². The second-order valence-electron chi connectivity index (χ2n) is 6.10. The highest BCUT2D eigenvalue weighted by Crippen LogP contribution is 2.32. The van der Waals surface area contributed by atoms with Gasteiger partial charge in [0.1, 0.15) is 0 Å². The highest BCUT2D eigenvalue weighted by molar-refractivity contribution is 5.27. The van der Waals surface area contributed by atoms with Crippen LogP contribution in [0.5, 0.6) is 0 Å². The van der Waals surface area contributed by atoms with Gasteiger partial charge in [0.2, 0.25) is 0 Å². The molecule has 0 radical (unpaired) electrons. The summed E-state index contributed by atoms with van der Waals surface area (Å²) in [6.07, 6.45) is 2.81. The van der Waals surface area contributed by atoms with E-state index in [0.717, 1.165) is 12.5 Å². The summed E-state index contributed by atoms with van der Waals surface area (Å²) >= 11 is 0. The van der Waals surface area contributed by atoms with Crippen LogP contribution in [0.1, 0.15) is 56.7 Å². The predicted octanol–water partition coefficient (Wildman–Crippen LogP) is 3.54. The molecule has 1 aliphatic rings. The van der Waals surface area contributed by atoms with E-state index in [2.05, 4.69) is 49.9 Å². The fourth-order valence-electron chi connectivity index (χ4n) is 2.71. The van der Waals surface area contributed by atoms with Crippen LogP contribution in [0.3, 0.4) is 0 Å². The molecule has 1 aromatic carbocycles. The van der Waals surface area contributed by atoms with Gasteiger partial charge in [0.15, 0.2) is 0 Å². The lowest BCUT2D eigenvalue weighted by molar-refractivity contribution is 0.203. The van der Waals surface area contributed by atoms with Gasteiger partial charge in [-0.3, -0.25) is 4.90 Å². The third kappa shape index (κ3) is 3.80. The fourth-order valence-corrected chi connectivity index (χ4v) is 2.71. The van der Waals surface area contributed by atoms with Gasteiger partial charge in [0.05, 0.1) is 0 Å². The largest absolute Gasteiger partial charge is 0.329 e. The Labute approximate surface area is 118 Å². The molecule has 0 heterocycles. The van der Waals surface area contributed by atoms with Crippen LogP contribution in [-0.4, -0.2) is 24.5 Å². The van der Waals surface area contributed by atoms with Crippen molar-refractivity contribution in [1.82, 2.24) is 4.90 Å². The molecule has 2 N–H and O–H groups in total. The predicted molar refractivity (Wildman–Crippen MR) is 82.3 cm³/mol. The van der Waals surface area contributed by atoms with Gasteiger partial charge in [-0.25, -0.2) is 0 Å². The Kier molecular flexibility index (Phi) is 5.00. The molecule has 1 aliphatic carbocycles. The van der Waals surface area contributed by atoms with Gasteiger partial charge in [-0.2, -0.15) is 0 Å². The molecule has 0 saturated heterocycles. The number of hydrogen-bond acceptors (Lipinski definition) is 2. The summed E-state index contributed by atoms with van der Waals surface area (Å²) < 4.78 is 0. The summed E-state index contributed by atoms with van der Waals surface area (Å²) in [5.74, 6) is 1.52. The average molecular weight is 260 g/mol. The molecule has 19 heavy (non-hydrogen) atoms. The second kappa shape index (κ2) is 6.53. The van der Waals surface area contributed by atoms with Crippen molar-refractivity contribution in [2.45, 2.75) is 45.6 Å². The van der Waals surface area contributed by atoms with Crippen LogP contribution < -0.4 is 5.73 Å². The molecule has 1 saturated carbocycles. The fraction of sp³-hybridized carbons (Fsp3) is 0.647. The molecule has 2 heteroatoms. The van der Waals surface area contributed by atoms with Crippen molar-refractivity contribution in [3.05, 3.63) is 35.4 Å². The molecule has 1 fully saturated rings. The topological polar surface area (TPSA) is 29.3 Å². The van der Waals surface area contributed by atoms with Crippen molar-refractivity contribution < 1.29 is 0 Å². The van der Waals surface area contributed by atoms with Crippen molar-refractivity contribution in [2.24, 2.45) is 11.7 Å². The molecule has 0 bridgehead atoms. The van der Waals surface area contributed by atoms with Gasteiger partial charge in [0.25, 0.3) is 0 Å². The first-order valence-electron chi connectivity index (χ1n) is 7.69. The van der Waals surface area contributed by atoms with Crippen molar-refractivity contribution in [1.29, 1.82) is 0 Å². The first-order valence-corrected chi connectivity index (χ1v) is 7.69. The minimum Gasteiger partial charge on any atom is -0.329 e. The molecule has 0 aliphatic heterocycles. The zero-order valence-corrected chi connectivity index (χ0v) is 12.6. The normalized spacial score (nSPS) is 17.2. The zero-order valence-electron chi connectivity index (χ0n) is 12.6. The molecule has 1 aromatic rings. The number of hydrogen-bond donors (Lipinski definition) is 1. The van der Waals surface area contributed by atoms with E-state index in [4.69, 9.17) is 5.73 Å². The van der Waals surface area contributed by atoms with E-state index in [9.17, 15) is 0 Å². The van der Waals surface area contributed by atoms with Crippen LogP contribution in [0, 0.1) is 5.92 Å². The van der Waals surface area contributed by atoms with E-state index < -0.39 is 0 Å². The van der Waals surface area contributed by atoms with Gasteiger partial charge in [0, 0.05) is 19.1 Å². The Hall–Kier alpha value is -0.860. The first kappa shape index (κ1) is 14.5. The summed E-state index contributed by atoms with van der Waals surface area (Å²) in [5, 5.41) is 0. The van der Waals surface area contributed by atoms with Gasteiger partial charge >= 0.3 is 0 Å². The van der Waals surface area contributed by atoms with Crippen LogP contribution >= 0.6 is 0 Å². The number of rotatable bonds is 7. The molecular formula is C17H28N2. The van der Waals surface area contributed by atoms with E-state index in [0.29, 0.717) is 18.5 Å². The molecule has 106 valence electrons. The number of nitrogens with two attached hydrogens (primary N) is 1. The molecule has 0 spiro atoms. The zero-order chi connectivity index (χ0) is 13.8. The molecule has 0 amide bonds. The van der Waals surface area contributed by atoms with Crippen molar-refractivity contribution in [3.63, 3.8) is 0 Å². The smallest absolute Gasteiger partial charge is 0.0470 e. The van der Waals surface area contributed by atoms with Crippen molar-refractivity contribution in [3.8, 4) is 0 Å². The van der Waals surface area contributed by atoms with E-state index in [-0.39, 0.29) is 0 Å². The Balaban J connectivity index is 2.10. The summed E-state index contributed by atoms with van der Waals surface area (Å²) in [6, 6.07) is 9.43. The van der Waals surface area contributed by atoms with Gasteiger partial charge in [-0.05, 0) is 42.3 Å². The first-order chi connectivity index (χ1) is 9.15. The van der Waals surface area contributed by atoms with Crippen LogP contribution in [0.15, 0.2) is 24.3 Å². The molecule has 2 nitrogen and oxygen atoms in total. The van der Waals surface area contributed by atoms with Crippen molar-refractivity contribution in [2.75, 3.05) is 19.6 Å². The quantitative estimate of drug-likeness (QED) is 0.812. The number of benzene rings is 1. The second-order valence-corrected chi connectivity index (χ2v) is 6.10. The highest BCUT2D eigenvalue weighted by Gasteiger charge is 2.27. The minimum atomic E-state index is 0.381. The van der Waals surface area contributed by atoms with E-state index >= 15 is 0 Å². The third-order valence-corrected chi connectivity index (χ3v) is 4.25. The Bertz CT molecular complexity index is 379. The molecule has 2 rings (SSSR count). The third-order valence-electron chi connectivity index (χ3n) is 4.25. The highest BCUT2D eigenvalue weighted by atomic mass is 15.2. The maximum Gasteiger partial charge on any atom is 0.0470 e. The summed E-state index contributed by atoms with van der Waals surface area (Å²) in [7, 11) is 0. The Morgan fingerprint density at radius 3 is 2.16 bits per heavy atom. The van der Waals surface area contributed by atoms with Crippen LogP contribution in [0.25, 0.3) is 0 Å². The molecular weight excluding hydrogens is 232 g/mol. The van der Waals surface area contributed by atoms with Gasteiger partial charge < -0.3 is 5.73 Å². The summed E-state index contributed by atoms with van der Waals surface area (Å²) in [5.41, 5.74) is 8.81. The maximum atomic E-state index is 6.03. The number of nitrogens with zero attached hydrogens (tertiary/aromatic N) is 1. The van der Waals surface area contributed by atoms with Crippen LogP contribution in [-0.2, 0) is 0 Å². The van der Waals surface area contributed by atoms with Crippen molar-refractivity contribution >= 4 is 0 Å². The Morgan fingerprint density at radius 1 is 1.16 bits per heavy atom. The lowest BCUT2D eigenvalue weighted by atomic mass is 9.98. The van der Waals surface area contributed by atoms with Gasteiger partial charge in [-0.15, -0.1) is 0 Å². The maximum absolute atomic E-state index is 6.03. The monoisotopic (exact) mass is 260 g/mol. The molecule has 1 unspecified atom stereocenters. The number of likely N-dealkylation sites (N-methyl/N-ethyl adjacent to an activating group) is 1. The van der Waals surface area contributed by atoms with Gasteiger partial charge in [-0.1, -0.05) is 45.0 Å². The van der Waals surface area contributed by atoms with E-state index in [1.807, 2.05) is 0 Å². The summed E-state index contributed by atoms with van der Waals surface area (Å²) in [4.78, 5) is 2.54. The molecule has 1 atom stereocenters. The van der Waals surface area contributed by atoms with E-state index in [1.165, 1.54) is 30.5 Å². The lowest BCUT2D eigenvalue weighted by Gasteiger charge is -2.30. The SMILES string of the molecule is CCN(CC1CC1)C(CN)c1ccc(C(C)C)cc1. The van der Waals surface area contributed by atoms with Crippen LogP contribution in [0.4, 0.5) is 0 Å². The minimum absolute atomic E-state index is 0.381. The lowest BCUT2D eigenvalue weighted by Crippen LogP contribution is -2.35. The average Bonchev–Trinajstić information content (AvgIpc) is 3.23.